The Kier molecular flexibility index (Phi) is 3.34. The maximum Gasteiger partial charge on any atom is 0.248 e. The lowest BCUT2D eigenvalue weighted by molar-refractivity contribution is -0.689. The molecule has 3 heterocycles. The molecule has 2 N–H and O–H groups in total. The molecule has 21 heavy (non-hydrogen) atoms. The number of fused-ring (bicyclic) bond motifs is 1. The van der Waals surface area contributed by atoms with E-state index in [2.05, 4.69) is 0 Å². The third-order valence-electron chi connectivity index (χ3n) is 3.59. The highest BCUT2D eigenvalue weighted by atomic mass is 32.2. The minimum atomic E-state index is -1.44. The Hall–Kier alpha value is -2.06. The van der Waals surface area contributed by atoms with E-state index in [4.69, 9.17) is 5.73 Å². The molecule has 1 saturated heterocycles. The second-order valence-corrected chi connectivity index (χ2v) is 6.47. The van der Waals surface area contributed by atoms with Crippen molar-refractivity contribution in [2.45, 2.75) is 18.0 Å². The smallest absolute Gasteiger partial charge is 0.248 e. The van der Waals surface area contributed by atoms with Gasteiger partial charge in [-0.3, -0.25) is 13.9 Å². The summed E-state index contributed by atoms with van der Waals surface area (Å²) in [7, 11) is -1.40. The number of rotatable bonds is 3. The molecule has 3 atom stereocenters. The number of carboxylic acid groups (broad SMARTS) is 1. The molecule has 2 aliphatic heterocycles. The van der Waals surface area contributed by atoms with E-state index >= 15 is 0 Å². The van der Waals surface area contributed by atoms with E-state index in [1.165, 1.54) is 0 Å². The summed E-state index contributed by atoms with van der Waals surface area (Å²) in [4.78, 5) is 24.2. The number of aliphatic carboxylic acids is 1. The molecule has 8 heteroatoms. The molecule has 7 nitrogen and oxygen atoms in total. The van der Waals surface area contributed by atoms with E-state index in [0.29, 0.717) is 5.57 Å². The van der Waals surface area contributed by atoms with Gasteiger partial charge in [0.25, 0.3) is 0 Å². The number of β-lactam (4-membered cyclic amide) rings is 1. The first-order valence-corrected chi connectivity index (χ1v) is 7.72. The van der Waals surface area contributed by atoms with Crippen LogP contribution in [0.3, 0.4) is 0 Å². The van der Waals surface area contributed by atoms with Crippen molar-refractivity contribution in [3.05, 3.63) is 41.9 Å². The second-order valence-electron chi connectivity index (χ2n) is 4.94. The zero-order chi connectivity index (χ0) is 15.1. The molecule has 1 aromatic rings. The van der Waals surface area contributed by atoms with Crippen molar-refractivity contribution < 1.29 is 23.5 Å². The molecule has 0 bridgehead atoms. The number of carbonyl (C=O) groups is 2. The molecule has 1 unspecified atom stereocenters. The zero-order valence-corrected chi connectivity index (χ0v) is 11.8. The second kappa shape index (κ2) is 5.05. The van der Waals surface area contributed by atoms with Crippen LogP contribution in [-0.2, 0) is 26.9 Å². The van der Waals surface area contributed by atoms with Crippen molar-refractivity contribution in [3.63, 3.8) is 0 Å². The van der Waals surface area contributed by atoms with Crippen molar-refractivity contribution in [2.75, 3.05) is 5.75 Å². The van der Waals surface area contributed by atoms with Crippen molar-refractivity contribution >= 4 is 22.7 Å². The molecule has 1 fully saturated rings. The Labute approximate surface area is 123 Å². The first-order chi connectivity index (χ1) is 10.0. The molecule has 3 rings (SSSR count). The predicted molar refractivity (Wildman–Crippen MR) is 70.3 cm³/mol. The van der Waals surface area contributed by atoms with Gasteiger partial charge in [-0.15, -0.1) is 0 Å². The maximum absolute atomic E-state index is 12.2. The molecule has 110 valence electrons. The van der Waals surface area contributed by atoms with E-state index in [1.807, 2.05) is 6.07 Å². The molecular formula is C13H13N3O4S. The number of carbonyl (C=O) groups excluding carboxylic acids is 2. The Balaban J connectivity index is 2.01. The minimum absolute atomic E-state index is 0.0767. The van der Waals surface area contributed by atoms with Crippen LogP contribution in [-0.4, -0.2) is 38.2 Å². The number of carboxylic acids is 1. The molecule has 0 aromatic carbocycles. The fraction of sp³-hybridized carbons (Fsp3) is 0.308. The maximum atomic E-state index is 12.2. The minimum Gasteiger partial charge on any atom is -0.543 e. The number of amides is 1. The van der Waals surface area contributed by atoms with Gasteiger partial charge in [-0.25, -0.2) is 4.57 Å². The Morgan fingerprint density at radius 2 is 2.10 bits per heavy atom. The quantitative estimate of drug-likeness (QED) is 0.481. The molecule has 1 aromatic heterocycles. The summed E-state index contributed by atoms with van der Waals surface area (Å²) in [6.45, 7) is 0.238. The lowest BCUT2D eigenvalue weighted by atomic mass is 10.0. The van der Waals surface area contributed by atoms with E-state index < -0.39 is 34.1 Å². The van der Waals surface area contributed by atoms with Gasteiger partial charge in [-0.2, -0.15) is 0 Å². The summed E-state index contributed by atoms with van der Waals surface area (Å²) < 4.78 is 13.9. The van der Waals surface area contributed by atoms with Crippen molar-refractivity contribution in [1.82, 2.24) is 4.90 Å². The number of nitrogens with zero attached hydrogens (tertiary/aromatic N) is 2. The van der Waals surface area contributed by atoms with Crippen molar-refractivity contribution in [3.8, 4) is 0 Å². The average molecular weight is 307 g/mol. The van der Waals surface area contributed by atoms with Crippen molar-refractivity contribution in [1.29, 1.82) is 0 Å². The van der Waals surface area contributed by atoms with Crippen LogP contribution in [0.1, 0.15) is 0 Å². The van der Waals surface area contributed by atoms with E-state index in [-0.39, 0.29) is 18.0 Å². The van der Waals surface area contributed by atoms with Gasteiger partial charge in [0.2, 0.25) is 5.91 Å². The van der Waals surface area contributed by atoms with E-state index in [0.717, 1.165) is 4.90 Å². The third kappa shape index (κ3) is 2.16. The summed E-state index contributed by atoms with van der Waals surface area (Å²) in [5.74, 6) is -1.89. The molecule has 0 spiro atoms. The van der Waals surface area contributed by atoms with Gasteiger partial charge in [-0.05, 0) is 0 Å². The Bertz CT molecular complexity index is 673. The molecule has 0 saturated carbocycles. The third-order valence-corrected chi connectivity index (χ3v) is 5.27. The number of hydrogen-bond donors (Lipinski definition) is 1. The number of nitrogens with two attached hydrogens (primary N) is 1. The van der Waals surface area contributed by atoms with Crippen LogP contribution in [0.15, 0.2) is 41.9 Å². The predicted octanol–water partition coefficient (Wildman–Crippen LogP) is -2.76. The number of hydrogen-bond acceptors (Lipinski definition) is 5. The normalized spacial score (nSPS) is 28.1. The van der Waals surface area contributed by atoms with Gasteiger partial charge < -0.3 is 15.6 Å². The fourth-order valence-corrected chi connectivity index (χ4v) is 4.25. The summed E-state index contributed by atoms with van der Waals surface area (Å²) >= 11 is 0. The standard InChI is InChI=1S/C13H13N3O4S/c14-9-11(17)16-10(13(18)19)8(7-21(20)12(9)16)6-15-4-2-1-3-5-15/h1-5,9,12H,6-7,14H2/t9-,12-,21?/m1/s1. The number of pyridine rings is 1. The summed E-state index contributed by atoms with van der Waals surface area (Å²) in [5, 5.41) is 10.6. The molecule has 0 aliphatic carbocycles. The Morgan fingerprint density at radius 1 is 1.43 bits per heavy atom. The van der Waals surface area contributed by atoms with Gasteiger partial charge in [0, 0.05) is 17.7 Å². The fourth-order valence-electron chi connectivity index (χ4n) is 2.62. The topological polar surface area (TPSA) is 107 Å². The monoisotopic (exact) mass is 307 g/mol. The van der Waals surface area contributed by atoms with Gasteiger partial charge in [0.15, 0.2) is 18.9 Å². The first kappa shape index (κ1) is 13.9. The largest absolute Gasteiger partial charge is 0.543 e. The molecule has 1 amide bonds. The number of aromatic nitrogens is 1. The van der Waals surface area contributed by atoms with Crippen LogP contribution in [0.4, 0.5) is 0 Å². The first-order valence-electron chi connectivity index (χ1n) is 6.34. The lowest BCUT2D eigenvalue weighted by Gasteiger charge is -2.48. The van der Waals surface area contributed by atoms with Crippen molar-refractivity contribution in [2.24, 2.45) is 5.73 Å². The van der Waals surface area contributed by atoms with E-state index in [1.54, 1.807) is 29.1 Å². The highest BCUT2D eigenvalue weighted by Gasteiger charge is 2.53. The zero-order valence-electron chi connectivity index (χ0n) is 11.0. The van der Waals surface area contributed by atoms with Crippen LogP contribution in [0.5, 0.6) is 0 Å². The SMILES string of the molecule is N[C@@H]1C(=O)N2C(C(=O)[O-])=C(C[n+]3ccccc3)CS(=O)[C@H]12. The lowest BCUT2D eigenvalue weighted by Crippen LogP contribution is -2.72. The van der Waals surface area contributed by atoms with Crippen LogP contribution >= 0.6 is 0 Å². The van der Waals surface area contributed by atoms with Gasteiger partial charge in [0.1, 0.15) is 11.4 Å². The Morgan fingerprint density at radius 3 is 2.71 bits per heavy atom. The summed E-state index contributed by atoms with van der Waals surface area (Å²) in [6.07, 6.45) is 3.52. The molecular weight excluding hydrogens is 294 g/mol. The molecule has 2 aliphatic rings. The highest BCUT2D eigenvalue weighted by molar-refractivity contribution is 7.86. The summed E-state index contributed by atoms with van der Waals surface area (Å²) in [6, 6.07) is 4.53. The summed E-state index contributed by atoms with van der Waals surface area (Å²) in [5.41, 5.74) is 5.81. The van der Waals surface area contributed by atoms with Crippen LogP contribution in [0.2, 0.25) is 0 Å². The van der Waals surface area contributed by atoms with Crippen LogP contribution in [0.25, 0.3) is 0 Å². The van der Waals surface area contributed by atoms with Gasteiger partial charge in [0.05, 0.1) is 28.2 Å². The van der Waals surface area contributed by atoms with Gasteiger partial charge in [-0.1, -0.05) is 6.07 Å². The van der Waals surface area contributed by atoms with Gasteiger partial charge >= 0.3 is 0 Å². The average Bonchev–Trinajstić information content (AvgIpc) is 2.46. The molecule has 0 radical (unpaired) electrons. The van der Waals surface area contributed by atoms with E-state index in [9.17, 15) is 18.9 Å². The highest BCUT2D eigenvalue weighted by Crippen LogP contribution is 2.33. The van der Waals surface area contributed by atoms with Crippen LogP contribution in [0, 0.1) is 0 Å². The van der Waals surface area contributed by atoms with Crippen LogP contribution < -0.4 is 15.4 Å².